The van der Waals surface area contributed by atoms with Gasteiger partial charge in [0.1, 0.15) is 17.0 Å². The molecule has 0 radical (unpaired) electrons. The highest BCUT2D eigenvalue weighted by Gasteiger charge is 2.34. The molecule has 0 saturated carbocycles. The van der Waals surface area contributed by atoms with E-state index in [1.54, 1.807) is 13.0 Å². The summed E-state index contributed by atoms with van der Waals surface area (Å²) in [6, 6.07) is 10.8. The molecule has 0 unspecified atom stereocenters. The monoisotopic (exact) mass is 448 g/mol. The molecule has 1 aliphatic rings. The fraction of sp³-hybridized carbons (Fsp3) is 0.333. The van der Waals surface area contributed by atoms with Crippen molar-refractivity contribution < 1.29 is 13.6 Å². The van der Waals surface area contributed by atoms with Crippen LogP contribution in [0.2, 0.25) is 0 Å². The highest BCUT2D eigenvalue weighted by atomic mass is 19.1. The summed E-state index contributed by atoms with van der Waals surface area (Å²) in [5, 5.41) is 11.5. The second-order valence-corrected chi connectivity index (χ2v) is 8.49. The summed E-state index contributed by atoms with van der Waals surface area (Å²) in [4.78, 5) is 21.4. The van der Waals surface area contributed by atoms with E-state index in [4.69, 9.17) is 4.42 Å². The first kappa shape index (κ1) is 21.1. The van der Waals surface area contributed by atoms with Crippen molar-refractivity contribution >= 4 is 23.0 Å². The molecule has 3 heterocycles. The number of carbonyl (C=O) groups is 1. The molecule has 0 aliphatic carbocycles. The van der Waals surface area contributed by atoms with Crippen LogP contribution in [0.25, 0.3) is 16.8 Å². The van der Waals surface area contributed by atoms with Gasteiger partial charge in [-0.3, -0.25) is 4.79 Å². The zero-order valence-electron chi connectivity index (χ0n) is 18.5. The molecule has 2 aromatic heterocycles. The maximum atomic E-state index is 14.4. The van der Waals surface area contributed by atoms with Crippen molar-refractivity contribution in [1.29, 1.82) is 0 Å². The number of aryl methyl sites for hydroxylation is 1. The van der Waals surface area contributed by atoms with Crippen molar-refractivity contribution in [1.82, 2.24) is 24.9 Å². The largest absolute Gasteiger partial charge is 0.424 e. The lowest BCUT2D eigenvalue weighted by Crippen LogP contribution is -2.51. The SMILES string of the molecule is Cc1cc(C(=O)N2CCC[C@@H](C)[C@H]2CNc2nc3ccccc3o2)c(-n2nccn2)cc1F. The Labute approximate surface area is 190 Å². The number of nitrogens with one attached hydrogen (secondary N) is 1. The van der Waals surface area contributed by atoms with Crippen molar-refractivity contribution in [2.45, 2.75) is 32.7 Å². The number of anilines is 1. The Kier molecular flexibility index (Phi) is 5.53. The van der Waals surface area contributed by atoms with E-state index in [0.29, 0.717) is 41.5 Å². The number of halogens is 1. The molecule has 33 heavy (non-hydrogen) atoms. The predicted octanol–water partition coefficient (Wildman–Crippen LogP) is 4.21. The van der Waals surface area contributed by atoms with Crippen LogP contribution < -0.4 is 5.32 Å². The van der Waals surface area contributed by atoms with Crippen LogP contribution in [-0.4, -0.2) is 49.9 Å². The first-order valence-electron chi connectivity index (χ1n) is 11.1. The molecule has 170 valence electrons. The van der Waals surface area contributed by atoms with E-state index in [0.717, 1.165) is 18.4 Å². The fourth-order valence-electron chi connectivity index (χ4n) is 4.45. The third kappa shape index (κ3) is 4.06. The molecule has 2 aromatic carbocycles. The zero-order valence-corrected chi connectivity index (χ0v) is 18.5. The second kappa shape index (κ2) is 8.65. The van der Waals surface area contributed by atoms with Gasteiger partial charge in [0.15, 0.2) is 5.58 Å². The highest BCUT2D eigenvalue weighted by molar-refractivity contribution is 5.98. The van der Waals surface area contributed by atoms with Crippen LogP contribution in [-0.2, 0) is 0 Å². The molecule has 0 bridgehead atoms. The Bertz CT molecular complexity index is 1250. The molecule has 0 spiro atoms. The minimum atomic E-state index is -0.403. The summed E-state index contributed by atoms with van der Waals surface area (Å²) in [5.74, 6) is -0.297. The van der Waals surface area contributed by atoms with Crippen molar-refractivity contribution in [3.63, 3.8) is 0 Å². The average molecular weight is 449 g/mol. The number of rotatable bonds is 5. The molecule has 9 heteroatoms. The van der Waals surface area contributed by atoms with Crippen LogP contribution in [0.3, 0.4) is 0 Å². The van der Waals surface area contributed by atoms with Crippen LogP contribution in [0.5, 0.6) is 0 Å². The number of para-hydroxylation sites is 2. The van der Waals surface area contributed by atoms with E-state index in [1.807, 2.05) is 29.2 Å². The van der Waals surface area contributed by atoms with E-state index in [1.165, 1.54) is 23.3 Å². The van der Waals surface area contributed by atoms with E-state index in [-0.39, 0.29) is 17.9 Å². The van der Waals surface area contributed by atoms with Crippen LogP contribution >= 0.6 is 0 Å². The smallest absolute Gasteiger partial charge is 0.295 e. The zero-order chi connectivity index (χ0) is 22.9. The number of aromatic nitrogens is 4. The van der Waals surface area contributed by atoms with Gasteiger partial charge in [-0.2, -0.15) is 20.0 Å². The Morgan fingerprint density at radius 2 is 2.03 bits per heavy atom. The van der Waals surface area contributed by atoms with Crippen LogP contribution in [0.1, 0.15) is 35.7 Å². The summed E-state index contributed by atoms with van der Waals surface area (Å²) < 4.78 is 20.2. The van der Waals surface area contributed by atoms with Gasteiger partial charge in [-0.05, 0) is 49.4 Å². The maximum absolute atomic E-state index is 14.4. The van der Waals surface area contributed by atoms with Crippen LogP contribution in [0, 0.1) is 18.7 Å². The van der Waals surface area contributed by atoms with E-state index >= 15 is 0 Å². The Hall–Kier alpha value is -3.75. The minimum Gasteiger partial charge on any atom is -0.424 e. The summed E-state index contributed by atoms with van der Waals surface area (Å²) in [6.07, 6.45) is 4.92. The van der Waals surface area contributed by atoms with Gasteiger partial charge < -0.3 is 14.6 Å². The lowest BCUT2D eigenvalue weighted by molar-refractivity contribution is 0.0538. The molecule has 2 atom stereocenters. The number of hydrogen-bond acceptors (Lipinski definition) is 6. The van der Waals surface area contributed by atoms with Gasteiger partial charge in [0.05, 0.1) is 24.0 Å². The Morgan fingerprint density at radius 3 is 2.82 bits per heavy atom. The Balaban J connectivity index is 1.43. The number of amides is 1. The summed E-state index contributed by atoms with van der Waals surface area (Å²) in [7, 11) is 0. The first-order chi connectivity index (χ1) is 16.0. The van der Waals surface area contributed by atoms with Crippen molar-refractivity contribution in [3.05, 3.63) is 65.7 Å². The highest BCUT2D eigenvalue weighted by Crippen LogP contribution is 2.28. The number of likely N-dealkylation sites (tertiary alicyclic amines) is 1. The summed E-state index contributed by atoms with van der Waals surface area (Å²) in [5.41, 5.74) is 2.61. The normalized spacial score (nSPS) is 18.6. The fourth-order valence-corrected chi connectivity index (χ4v) is 4.45. The number of carbonyl (C=O) groups excluding carboxylic acids is 1. The summed E-state index contributed by atoms with van der Waals surface area (Å²) in [6.45, 7) is 4.90. The van der Waals surface area contributed by atoms with Crippen molar-refractivity contribution in [3.8, 4) is 5.69 Å². The quantitative estimate of drug-likeness (QED) is 0.492. The number of nitrogens with zero attached hydrogens (tertiary/aromatic N) is 5. The molecular formula is C24H25FN6O2. The molecule has 8 nitrogen and oxygen atoms in total. The van der Waals surface area contributed by atoms with E-state index in [2.05, 4.69) is 27.4 Å². The lowest BCUT2D eigenvalue weighted by atomic mass is 9.90. The van der Waals surface area contributed by atoms with Crippen molar-refractivity contribution in [2.24, 2.45) is 5.92 Å². The third-order valence-corrected chi connectivity index (χ3v) is 6.27. The number of benzene rings is 2. The van der Waals surface area contributed by atoms with E-state index in [9.17, 15) is 9.18 Å². The number of hydrogen-bond donors (Lipinski definition) is 1. The summed E-state index contributed by atoms with van der Waals surface area (Å²) >= 11 is 0. The van der Waals surface area contributed by atoms with Gasteiger partial charge in [-0.25, -0.2) is 4.39 Å². The van der Waals surface area contributed by atoms with Crippen LogP contribution in [0.4, 0.5) is 10.4 Å². The minimum absolute atomic E-state index is 0.0787. The number of fused-ring (bicyclic) bond motifs is 1. The van der Waals surface area contributed by atoms with Gasteiger partial charge in [0.2, 0.25) is 0 Å². The third-order valence-electron chi connectivity index (χ3n) is 6.27. The molecule has 1 fully saturated rings. The maximum Gasteiger partial charge on any atom is 0.295 e. The molecule has 4 aromatic rings. The number of piperidine rings is 1. The van der Waals surface area contributed by atoms with Gasteiger partial charge in [0, 0.05) is 19.2 Å². The van der Waals surface area contributed by atoms with Gasteiger partial charge in [-0.15, -0.1) is 0 Å². The van der Waals surface area contributed by atoms with Crippen molar-refractivity contribution in [2.75, 3.05) is 18.4 Å². The van der Waals surface area contributed by atoms with Crippen LogP contribution in [0.15, 0.2) is 53.2 Å². The van der Waals surface area contributed by atoms with E-state index < -0.39 is 5.82 Å². The van der Waals surface area contributed by atoms with Gasteiger partial charge >= 0.3 is 0 Å². The van der Waals surface area contributed by atoms with Gasteiger partial charge in [-0.1, -0.05) is 19.1 Å². The average Bonchev–Trinajstić information content (AvgIpc) is 3.49. The standard InChI is InChI=1S/C24H25FN6O2/c1-15-6-5-11-30(21(15)14-26-24-29-19-7-3-4-8-22(19)33-24)23(32)17-12-16(2)18(25)13-20(17)31-27-9-10-28-31/h3-4,7-10,12-13,15,21H,5-6,11,14H2,1-2H3,(H,26,29)/t15-,21-/m1/s1. The first-order valence-corrected chi connectivity index (χ1v) is 11.1. The molecule has 1 amide bonds. The molecule has 5 rings (SSSR count). The molecule has 1 aliphatic heterocycles. The molecule has 1 saturated heterocycles. The topological polar surface area (TPSA) is 89.1 Å². The van der Waals surface area contributed by atoms with Gasteiger partial charge in [0.25, 0.3) is 11.9 Å². The Morgan fingerprint density at radius 1 is 1.24 bits per heavy atom. The molecule has 1 N–H and O–H groups in total. The number of oxazole rings is 1. The predicted molar refractivity (Wildman–Crippen MR) is 122 cm³/mol. The lowest BCUT2D eigenvalue weighted by Gasteiger charge is -2.40. The molecular weight excluding hydrogens is 423 g/mol. The second-order valence-electron chi connectivity index (χ2n) is 8.49.